The lowest BCUT2D eigenvalue weighted by Crippen LogP contribution is -2.55. The predicted molar refractivity (Wildman–Crippen MR) is 57.8 cm³/mol. The summed E-state index contributed by atoms with van der Waals surface area (Å²) in [5, 5.41) is 0. The summed E-state index contributed by atoms with van der Waals surface area (Å²) in [4.78, 5) is 0. The topological polar surface area (TPSA) is 0 Å². The Morgan fingerprint density at radius 1 is 0.714 bits per heavy atom. The maximum Gasteiger partial charge on any atom is -0.0349 e. The van der Waals surface area contributed by atoms with Crippen molar-refractivity contribution in [2.75, 3.05) is 0 Å². The van der Waals surface area contributed by atoms with Gasteiger partial charge in [0.1, 0.15) is 0 Å². The van der Waals surface area contributed by atoms with Crippen LogP contribution in [0, 0.1) is 41.4 Å². The van der Waals surface area contributed by atoms with Gasteiger partial charge in [0.15, 0.2) is 0 Å². The molecule has 0 saturated heterocycles. The molecule has 0 aliphatic heterocycles. The van der Waals surface area contributed by atoms with Crippen LogP contribution in [0.3, 0.4) is 0 Å². The molecule has 0 aromatic rings. The van der Waals surface area contributed by atoms with Gasteiger partial charge in [0.25, 0.3) is 0 Å². The lowest BCUT2D eigenvalue weighted by molar-refractivity contribution is -0.140. The van der Waals surface area contributed by atoms with Crippen molar-refractivity contribution in [2.24, 2.45) is 41.4 Å². The summed E-state index contributed by atoms with van der Waals surface area (Å²) in [6.07, 6.45) is 9.63. The summed E-state index contributed by atoms with van der Waals surface area (Å²) in [6, 6.07) is 0. The molecule has 0 aromatic carbocycles. The van der Waals surface area contributed by atoms with Gasteiger partial charge < -0.3 is 0 Å². The quantitative estimate of drug-likeness (QED) is 0.546. The normalized spacial score (nSPS) is 64.5. The van der Waals surface area contributed by atoms with E-state index in [1.54, 1.807) is 38.5 Å². The molecule has 0 heteroatoms. The van der Waals surface area contributed by atoms with Gasteiger partial charge in [-0.15, -0.1) is 0 Å². The van der Waals surface area contributed by atoms with Crippen LogP contribution in [0.5, 0.6) is 0 Å². The average Bonchev–Trinajstić information content (AvgIpc) is 2.18. The summed E-state index contributed by atoms with van der Waals surface area (Å²) in [7, 11) is 0. The maximum absolute atomic E-state index is 2.57. The second kappa shape index (κ2) is 2.57. The molecule has 6 bridgehead atoms. The molecule has 0 aromatic heterocycles. The van der Waals surface area contributed by atoms with Crippen molar-refractivity contribution in [3.8, 4) is 0 Å². The van der Waals surface area contributed by atoms with E-state index in [4.69, 9.17) is 0 Å². The van der Waals surface area contributed by atoms with Gasteiger partial charge in [0.2, 0.25) is 0 Å². The van der Waals surface area contributed by atoms with Crippen molar-refractivity contribution in [3.63, 3.8) is 0 Å². The van der Waals surface area contributed by atoms with Crippen LogP contribution in [0.25, 0.3) is 0 Å². The van der Waals surface area contributed by atoms with Gasteiger partial charge >= 0.3 is 0 Å². The molecule has 14 heavy (non-hydrogen) atoms. The van der Waals surface area contributed by atoms with E-state index in [1.165, 1.54) is 23.7 Å². The molecule has 0 N–H and O–H groups in total. The molecule has 5 saturated carbocycles. The smallest absolute Gasteiger partial charge is 0.0349 e. The Morgan fingerprint density at radius 2 is 1.50 bits per heavy atom. The molecule has 5 aliphatic carbocycles. The second-order valence-corrected chi connectivity index (χ2v) is 6.67. The van der Waals surface area contributed by atoms with E-state index in [9.17, 15) is 0 Å². The Labute approximate surface area is 87.5 Å². The van der Waals surface area contributed by atoms with Crippen LogP contribution in [0.1, 0.15) is 45.4 Å². The SMILES string of the molecule is CC1C2CC3CC1C1CCCC3C1C2. The minimum absolute atomic E-state index is 1.09. The molecule has 0 radical (unpaired) electrons. The van der Waals surface area contributed by atoms with Gasteiger partial charge in [0.05, 0.1) is 0 Å². The lowest BCUT2D eigenvalue weighted by Gasteiger charge is -2.63. The van der Waals surface area contributed by atoms with Crippen LogP contribution in [-0.4, -0.2) is 0 Å². The van der Waals surface area contributed by atoms with E-state index in [0.29, 0.717) is 0 Å². The molecular formula is C14H22. The van der Waals surface area contributed by atoms with Gasteiger partial charge in [0, 0.05) is 0 Å². The monoisotopic (exact) mass is 190 g/mol. The van der Waals surface area contributed by atoms with E-state index in [2.05, 4.69) is 6.92 Å². The molecule has 7 atom stereocenters. The molecule has 5 fully saturated rings. The fourth-order valence-corrected chi connectivity index (χ4v) is 5.99. The first-order chi connectivity index (χ1) is 6.84. The van der Waals surface area contributed by atoms with Crippen LogP contribution in [0.2, 0.25) is 0 Å². The van der Waals surface area contributed by atoms with Crippen molar-refractivity contribution >= 4 is 0 Å². The summed E-state index contributed by atoms with van der Waals surface area (Å²) in [5.74, 6) is 8.14. The number of hydrogen-bond donors (Lipinski definition) is 0. The highest BCUT2D eigenvalue weighted by Gasteiger charge is 2.56. The Bertz CT molecular complexity index is 253. The standard InChI is InChI=1S/C14H22/c1-8-9-5-10-7-13(8)12-4-2-3-11(10)14(12)6-9/h8-14H,2-7H2,1H3. The summed E-state index contributed by atoms with van der Waals surface area (Å²) < 4.78 is 0. The van der Waals surface area contributed by atoms with Crippen LogP contribution < -0.4 is 0 Å². The molecule has 78 valence electrons. The van der Waals surface area contributed by atoms with Crippen LogP contribution in [-0.2, 0) is 0 Å². The molecule has 0 nitrogen and oxygen atoms in total. The largest absolute Gasteiger partial charge is 0.0620 e. The Kier molecular flexibility index (Phi) is 1.50. The Hall–Kier alpha value is 0. The van der Waals surface area contributed by atoms with Gasteiger partial charge in [-0.3, -0.25) is 0 Å². The van der Waals surface area contributed by atoms with Gasteiger partial charge in [-0.05, 0) is 73.5 Å². The van der Waals surface area contributed by atoms with E-state index < -0.39 is 0 Å². The summed E-state index contributed by atoms with van der Waals surface area (Å²) in [5.41, 5.74) is 0. The fraction of sp³-hybridized carbons (Fsp3) is 1.00. The zero-order chi connectivity index (χ0) is 9.28. The van der Waals surface area contributed by atoms with Crippen molar-refractivity contribution in [1.29, 1.82) is 0 Å². The van der Waals surface area contributed by atoms with E-state index in [1.807, 2.05) is 0 Å². The van der Waals surface area contributed by atoms with Crippen molar-refractivity contribution in [2.45, 2.75) is 45.4 Å². The first kappa shape index (κ1) is 8.19. The van der Waals surface area contributed by atoms with Gasteiger partial charge in [-0.2, -0.15) is 0 Å². The third kappa shape index (κ3) is 0.823. The van der Waals surface area contributed by atoms with Crippen molar-refractivity contribution < 1.29 is 0 Å². The Balaban J connectivity index is 1.77. The Morgan fingerprint density at radius 3 is 2.43 bits per heavy atom. The molecule has 5 rings (SSSR count). The minimum Gasteiger partial charge on any atom is -0.0620 e. The highest BCUT2D eigenvalue weighted by molar-refractivity contribution is 5.06. The zero-order valence-electron chi connectivity index (χ0n) is 9.28. The molecule has 0 heterocycles. The zero-order valence-corrected chi connectivity index (χ0v) is 9.28. The first-order valence-electron chi connectivity index (χ1n) is 6.84. The van der Waals surface area contributed by atoms with Gasteiger partial charge in [-0.1, -0.05) is 13.3 Å². The first-order valence-corrected chi connectivity index (χ1v) is 6.84. The van der Waals surface area contributed by atoms with Crippen LogP contribution in [0.15, 0.2) is 0 Å². The minimum atomic E-state index is 1.09. The average molecular weight is 190 g/mol. The van der Waals surface area contributed by atoms with E-state index in [0.717, 1.165) is 17.8 Å². The van der Waals surface area contributed by atoms with E-state index in [-0.39, 0.29) is 0 Å². The summed E-state index contributed by atoms with van der Waals surface area (Å²) >= 11 is 0. The van der Waals surface area contributed by atoms with Crippen molar-refractivity contribution in [1.82, 2.24) is 0 Å². The third-order valence-corrected chi connectivity index (χ3v) is 6.50. The lowest BCUT2D eigenvalue weighted by atomic mass is 9.42. The summed E-state index contributed by atoms with van der Waals surface area (Å²) in [6.45, 7) is 2.57. The predicted octanol–water partition coefficient (Wildman–Crippen LogP) is 3.71. The van der Waals surface area contributed by atoms with Crippen molar-refractivity contribution in [3.05, 3.63) is 0 Å². The molecule has 5 aliphatic rings. The molecule has 7 unspecified atom stereocenters. The van der Waals surface area contributed by atoms with Crippen LogP contribution >= 0.6 is 0 Å². The van der Waals surface area contributed by atoms with Gasteiger partial charge in [-0.25, -0.2) is 0 Å². The molecular weight excluding hydrogens is 168 g/mol. The molecule has 0 amide bonds. The highest BCUT2D eigenvalue weighted by Crippen LogP contribution is 2.65. The number of hydrogen-bond acceptors (Lipinski definition) is 0. The highest BCUT2D eigenvalue weighted by atomic mass is 14.6. The van der Waals surface area contributed by atoms with E-state index >= 15 is 0 Å². The fourth-order valence-electron chi connectivity index (χ4n) is 5.99. The maximum atomic E-state index is 2.57. The van der Waals surface area contributed by atoms with Crippen LogP contribution in [0.4, 0.5) is 0 Å². The third-order valence-electron chi connectivity index (χ3n) is 6.50. The number of rotatable bonds is 0. The second-order valence-electron chi connectivity index (χ2n) is 6.67. The molecule has 0 spiro atoms.